The van der Waals surface area contributed by atoms with Gasteiger partial charge in [-0.1, -0.05) is 0 Å². The van der Waals surface area contributed by atoms with Crippen LogP contribution in [0.1, 0.15) is 193 Å². The first-order chi connectivity index (χ1) is 32.7. The lowest BCUT2D eigenvalue weighted by Gasteiger charge is -2.56. The smallest absolute Gasteiger partial charge is 0.226 e. The standard InChI is InChI=1S/C51H94N4O13/c56-25-1-13-48(14-2-26-57,15-3-27-58)52-43(65)10-22-51(55-46(68)47-37-40-34-41(38-47)36-42(35-40)39-47,23-11-44(66)53-49(16-4-28-59,17-5-29-60)18-6-30-61)24-12-45(67)54-50(19-7-31-62,20-8-32-63)21-9-33-64/h40-42,56-64H,1-39H2,(H,52,65)(H,53,66)(H,54,67)(H,55,68). The first-order valence-electron chi connectivity index (χ1n) is 26.5. The van der Waals surface area contributed by atoms with Gasteiger partial charge in [-0.25, -0.2) is 0 Å². The summed E-state index contributed by atoms with van der Waals surface area (Å²) in [5.74, 6) is 0.206. The number of nitrogens with one attached hydrogen (secondary N) is 4. The summed E-state index contributed by atoms with van der Waals surface area (Å²) in [4.78, 5) is 58.3. The van der Waals surface area contributed by atoms with Crippen molar-refractivity contribution in [1.82, 2.24) is 21.3 Å². The van der Waals surface area contributed by atoms with Crippen LogP contribution >= 0.6 is 0 Å². The van der Waals surface area contributed by atoms with Crippen LogP contribution < -0.4 is 21.3 Å². The second kappa shape index (κ2) is 31.1. The van der Waals surface area contributed by atoms with E-state index in [2.05, 4.69) is 21.3 Å². The lowest BCUT2D eigenvalue weighted by Crippen LogP contribution is -2.60. The Hall–Kier alpha value is -2.48. The number of hydrogen-bond donors (Lipinski definition) is 13. The van der Waals surface area contributed by atoms with Gasteiger partial charge in [-0.05, 0) is 191 Å². The molecule has 4 aliphatic rings. The molecule has 4 aliphatic carbocycles. The van der Waals surface area contributed by atoms with Crippen LogP contribution in [0.4, 0.5) is 0 Å². The van der Waals surface area contributed by atoms with E-state index in [1.807, 2.05) is 0 Å². The predicted molar refractivity (Wildman–Crippen MR) is 259 cm³/mol. The lowest BCUT2D eigenvalue weighted by atomic mass is 9.49. The average Bonchev–Trinajstić information content (AvgIpc) is 3.32. The van der Waals surface area contributed by atoms with Crippen molar-refractivity contribution in [2.45, 2.75) is 215 Å². The Morgan fingerprint density at radius 2 is 0.544 bits per heavy atom. The van der Waals surface area contributed by atoms with Crippen LogP contribution in [0.25, 0.3) is 0 Å². The highest BCUT2D eigenvalue weighted by Gasteiger charge is 2.55. The summed E-state index contributed by atoms with van der Waals surface area (Å²) < 4.78 is 0. The van der Waals surface area contributed by atoms with E-state index in [-0.39, 0.29) is 122 Å². The number of carbonyl (C=O) groups excluding carboxylic acids is 4. The summed E-state index contributed by atoms with van der Waals surface area (Å²) in [6, 6.07) is 0. The Balaban J connectivity index is 2.10. The van der Waals surface area contributed by atoms with Gasteiger partial charge in [0.15, 0.2) is 0 Å². The molecule has 4 saturated carbocycles. The third kappa shape index (κ3) is 19.3. The van der Waals surface area contributed by atoms with Crippen LogP contribution in [-0.2, 0) is 19.2 Å². The van der Waals surface area contributed by atoms with E-state index in [4.69, 9.17) is 0 Å². The maximum Gasteiger partial charge on any atom is 0.226 e. The van der Waals surface area contributed by atoms with Crippen molar-refractivity contribution in [3.05, 3.63) is 0 Å². The molecule has 0 saturated heterocycles. The number of carbonyl (C=O) groups is 4. The van der Waals surface area contributed by atoms with Crippen LogP contribution in [0.5, 0.6) is 0 Å². The maximum absolute atomic E-state index is 15.2. The van der Waals surface area contributed by atoms with Gasteiger partial charge in [0.1, 0.15) is 0 Å². The fourth-order valence-corrected chi connectivity index (χ4v) is 12.9. The van der Waals surface area contributed by atoms with E-state index in [1.165, 1.54) is 0 Å². The zero-order chi connectivity index (χ0) is 49.9. The average molecular weight is 971 g/mol. The zero-order valence-corrected chi connectivity index (χ0v) is 41.5. The second-order valence-corrected chi connectivity index (χ2v) is 21.4. The normalized spacial score (nSPS) is 20.4. The molecule has 0 radical (unpaired) electrons. The molecule has 68 heavy (non-hydrogen) atoms. The van der Waals surface area contributed by atoms with Crippen molar-refractivity contribution >= 4 is 23.6 Å². The van der Waals surface area contributed by atoms with Crippen LogP contribution in [0.2, 0.25) is 0 Å². The molecule has 4 bridgehead atoms. The maximum atomic E-state index is 15.2. The summed E-state index contributed by atoms with van der Waals surface area (Å²) in [7, 11) is 0. The minimum Gasteiger partial charge on any atom is -0.396 e. The first kappa shape index (κ1) is 59.8. The molecule has 0 aromatic carbocycles. The van der Waals surface area contributed by atoms with Gasteiger partial charge in [0.2, 0.25) is 23.6 Å². The molecule has 4 rings (SSSR count). The third-order valence-corrected chi connectivity index (χ3v) is 15.9. The zero-order valence-electron chi connectivity index (χ0n) is 41.5. The highest BCUT2D eigenvalue weighted by Crippen LogP contribution is 2.60. The van der Waals surface area contributed by atoms with Crippen LogP contribution in [-0.4, -0.2) is 151 Å². The van der Waals surface area contributed by atoms with Gasteiger partial charge >= 0.3 is 0 Å². The molecule has 396 valence electrons. The largest absolute Gasteiger partial charge is 0.396 e. The van der Waals surface area contributed by atoms with Crippen molar-refractivity contribution < 1.29 is 65.1 Å². The number of aliphatic hydroxyl groups is 9. The fraction of sp³-hybridized carbons (Fsp3) is 0.922. The quantitative estimate of drug-likeness (QED) is 0.0420. The molecular formula is C51H94N4O13. The minimum absolute atomic E-state index is 0.0724. The Kier molecular flexibility index (Phi) is 27.3. The molecule has 13 N–H and O–H groups in total. The van der Waals surface area contributed by atoms with E-state index in [1.54, 1.807) is 0 Å². The lowest BCUT2D eigenvalue weighted by molar-refractivity contribution is -0.149. The van der Waals surface area contributed by atoms with Crippen LogP contribution in [0.3, 0.4) is 0 Å². The predicted octanol–water partition coefficient (Wildman–Crippen LogP) is 2.92. The second-order valence-electron chi connectivity index (χ2n) is 21.4. The highest BCUT2D eigenvalue weighted by molar-refractivity contribution is 5.85. The molecule has 0 heterocycles. The Morgan fingerprint density at radius 3 is 0.750 bits per heavy atom. The topological polar surface area (TPSA) is 298 Å². The van der Waals surface area contributed by atoms with Crippen LogP contribution in [0.15, 0.2) is 0 Å². The van der Waals surface area contributed by atoms with Gasteiger partial charge in [-0.2, -0.15) is 0 Å². The van der Waals surface area contributed by atoms with E-state index < -0.39 is 27.6 Å². The number of aliphatic hydroxyl groups excluding tert-OH is 9. The van der Waals surface area contributed by atoms with Crippen molar-refractivity contribution in [3.63, 3.8) is 0 Å². The third-order valence-electron chi connectivity index (χ3n) is 15.9. The summed E-state index contributed by atoms with van der Waals surface area (Å²) in [6.07, 6.45) is 12.8. The molecule has 0 aromatic rings. The van der Waals surface area contributed by atoms with Crippen molar-refractivity contribution in [2.24, 2.45) is 23.2 Å². The summed E-state index contributed by atoms with van der Waals surface area (Å²) in [6.45, 7) is -0.982. The summed E-state index contributed by atoms with van der Waals surface area (Å²) in [5.41, 5.74) is -4.32. The molecule has 4 fully saturated rings. The molecule has 0 aromatic heterocycles. The van der Waals surface area contributed by atoms with Crippen LogP contribution in [0, 0.1) is 23.2 Å². The number of amides is 4. The van der Waals surface area contributed by atoms with Crippen molar-refractivity contribution in [3.8, 4) is 0 Å². The van der Waals surface area contributed by atoms with Gasteiger partial charge in [-0.3, -0.25) is 19.2 Å². The molecule has 0 aliphatic heterocycles. The van der Waals surface area contributed by atoms with E-state index in [0.717, 1.165) is 38.5 Å². The Bertz CT molecular complexity index is 1240. The van der Waals surface area contributed by atoms with Gasteiger partial charge in [-0.15, -0.1) is 0 Å². The molecule has 0 atom stereocenters. The summed E-state index contributed by atoms with van der Waals surface area (Å²) >= 11 is 0. The van der Waals surface area contributed by atoms with Gasteiger partial charge in [0.05, 0.1) is 0 Å². The molecule has 17 nitrogen and oxygen atoms in total. The molecule has 0 unspecified atom stereocenters. The van der Waals surface area contributed by atoms with E-state index >= 15 is 4.79 Å². The Morgan fingerprint density at radius 1 is 0.338 bits per heavy atom. The number of rotatable bonds is 41. The fourth-order valence-electron chi connectivity index (χ4n) is 12.9. The molecule has 0 spiro atoms. The highest BCUT2D eigenvalue weighted by atomic mass is 16.3. The van der Waals surface area contributed by atoms with E-state index in [9.17, 15) is 60.3 Å². The van der Waals surface area contributed by atoms with Crippen molar-refractivity contribution in [1.29, 1.82) is 0 Å². The van der Waals surface area contributed by atoms with Crippen molar-refractivity contribution in [2.75, 3.05) is 59.5 Å². The van der Waals surface area contributed by atoms with E-state index in [0.29, 0.717) is 133 Å². The van der Waals surface area contributed by atoms with Gasteiger partial charge in [0.25, 0.3) is 0 Å². The molecule has 17 heteroatoms. The SMILES string of the molecule is O=C(CCC(CCC(=O)NC(CCCO)(CCCO)CCCO)(CCC(=O)NC(CCCO)(CCCO)CCCO)NC(=O)C12CC3CC(CC(C3)C1)C2)NC(CCCO)(CCCO)CCCO. The van der Waals surface area contributed by atoms with Gasteiger partial charge in [0, 0.05) is 106 Å². The molecular weight excluding hydrogens is 877 g/mol. The Labute approximate surface area is 406 Å². The monoisotopic (exact) mass is 971 g/mol. The first-order valence-corrected chi connectivity index (χ1v) is 26.5. The number of hydrogen-bond acceptors (Lipinski definition) is 13. The molecule has 4 amide bonds. The van der Waals surface area contributed by atoms with Gasteiger partial charge < -0.3 is 67.2 Å². The summed E-state index contributed by atoms with van der Waals surface area (Å²) in [5, 5.41) is 101. The minimum atomic E-state index is -1.25.